The molecule has 4 rings (SSSR count). The number of piperazine rings is 1. The zero-order valence-electron chi connectivity index (χ0n) is 15.6. The monoisotopic (exact) mass is 375 g/mol. The Morgan fingerprint density at radius 2 is 1.68 bits per heavy atom. The van der Waals surface area contributed by atoms with E-state index in [1.807, 2.05) is 31.2 Å². The fraction of sp³-hybridized carbons (Fsp3) is 0.250. The van der Waals surface area contributed by atoms with E-state index in [0.29, 0.717) is 43.6 Å². The van der Waals surface area contributed by atoms with Crippen molar-refractivity contribution in [2.24, 2.45) is 0 Å². The highest BCUT2D eigenvalue weighted by atomic mass is 16.2. The summed E-state index contributed by atoms with van der Waals surface area (Å²) in [5, 5.41) is 3.21. The molecule has 8 nitrogen and oxygen atoms in total. The number of aromatic nitrogens is 4. The summed E-state index contributed by atoms with van der Waals surface area (Å²) in [4.78, 5) is 33.7. The van der Waals surface area contributed by atoms with E-state index in [1.54, 1.807) is 29.4 Å². The minimum Gasteiger partial charge on any atom is -0.340 e. The summed E-state index contributed by atoms with van der Waals surface area (Å²) in [5.41, 5.74) is 2.48. The minimum atomic E-state index is -0.0945. The Bertz CT molecular complexity index is 938. The zero-order valence-corrected chi connectivity index (χ0v) is 15.6. The van der Waals surface area contributed by atoms with Gasteiger partial charge in [-0.25, -0.2) is 19.9 Å². The molecule has 1 saturated heterocycles. The van der Waals surface area contributed by atoms with Crippen LogP contribution in [0.4, 0.5) is 17.5 Å². The van der Waals surface area contributed by atoms with Gasteiger partial charge in [0, 0.05) is 50.3 Å². The maximum atomic E-state index is 12.9. The number of anilines is 3. The van der Waals surface area contributed by atoms with E-state index in [4.69, 9.17) is 0 Å². The first-order chi connectivity index (χ1) is 13.7. The van der Waals surface area contributed by atoms with Crippen molar-refractivity contribution < 1.29 is 4.79 Å². The van der Waals surface area contributed by atoms with Crippen molar-refractivity contribution >= 4 is 23.4 Å². The molecule has 0 aliphatic carbocycles. The number of amides is 1. The number of rotatable bonds is 4. The molecule has 0 radical (unpaired) electrons. The lowest BCUT2D eigenvalue weighted by Crippen LogP contribution is -2.49. The van der Waals surface area contributed by atoms with Crippen molar-refractivity contribution in [3.8, 4) is 0 Å². The highest BCUT2D eigenvalue weighted by Gasteiger charge is 2.24. The predicted octanol–water partition coefficient (Wildman–Crippen LogP) is 2.28. The first kappa shape index (κ1) is 17.8. The fourth-order valence-electron chi connectivity index (χ4n) is 3.05. The first-order valence-electron chi connectivity index (χ1n) is 9.16. The summed E-state index contributed by atoms with van der Waals surface area (Å²) in [6.07, 6.45) is 4.87. The van der Waals surface area contributed by atoms with Crippen LogP contribution in [0.3, 0.4) is 0 Å². The second-order valence-corrected chi connectivity index (χ2v) is 6.61. The van der Waals surface area contributed by atoms with Crippen molar-refractivity contribution in [3.63, 3.8) is 0 Å². The SMILES string of the molecule is Cc1ccc(Nc2cc(C(=O)N3CCN(c4ncccn4)CC3)ncn2)cc1. The van der Waals surface area contributed by atoms with E-state index in [-0.39, 0.29) is 5.91 Å². The van der Waals surface area contributed by atoms with Gasteiger partial charge in [-0.15, -0.1) is 0 Å². The van der Waals surface area contributed by atoms with Crippen molar-refractivity contribution in [1.82, 2.24) is 24.8 Å². The number of hydrogen-bond donors (Lipinski definition) is 1. The Morgan fingerprint density at radius 1 is 0.964 bits per heavy atom. The van der Waals surface area contributed by atoms with Crippen LogP contribution in [0.25, 0.3) is 0 Å². The van der Waals surface area contributed by atoms with E-state index in [0.717, 1.165) is 5.69 Å². The minimum absolute atomic E-state index is 0.0945. The number of aryl methyl sites for hydroxylation is 1. The largest absolute Gasteiger partial charge is 0.340 e. The highest BCUT2D eigenvalue weighted by Crippen LogP contribution is 2.17. The van der Waals surface area contributed by atoms with Crippen molar-refractivity contribution in [2.75, 3.05) is 36.4 Å². The quantitative estimate of drug-likeness (QED) is 0.748. The Labute approximate surface area is 163 Å². The summed E-state index contributed by atoms with van der Waals surface area (Å²) in [5.74, 6) is 1.20. The molecule has 142 valence electrons. The lowest BCUT2D eigenvalue weighted by atomic mass is 10.2. The van der Waals surface area contributed by atoms with Gasteiger partial charge in [0.15, 0.2) is 0 Å². The van der Waals surface area contributed by atoms with Gasteiger partial charge in [-0.3, -0.25) is 4.79 Å². The fourth-order valence-corrected chi connectivity index (χ4v) is 3.05. The van der Waals surface area contributed by atoms with Gasteiger partial charge in [0.1, 0.15) is 17.8 Å². The van der Waals surface area contributed by atoms with Crippen LogP contribution >= 0.6 is 0 Å². The molecule has 0 spiro atoms. The van der Waals surface area contributed by atoms with Gasteiger partial charge in [0.05, 0.1) is 0 Å². The van der Waals surface area contributed by atoms with Crippen molar-refractivity contribution in [3.05, 3.63) is 66.4 Å². The molecule has 1 aliphatic rings. The van der Waals surface area contributed by atoms with Crippen LogP contribution in [-0.2, 0) is 0 Å². The van der Waals surface area contributed by atoms with Crippen LogP contribution in [0.2, 0.25) is 0 Å². The average molecular weight is 375 g/mol. The van der Waals surface area contributed by atoms with Gasteiger partial charge in [-0.1, -0.05) is 17.7 Å². The maximum Gasteiger partial charge on any atom is 0.272 e. The third kappa shape index (κ3) is 4.06. The summed E-state index contributed by atoms with van der Waals surface area (Å²) >= 11 is 0. The third-order valence-electron chi connectivity index (χ3n) is 4.61. The maximum absolute atomic E-state index is 12.9. The van der Waals surface area contributed by atoms with E-state index < -0.39 is 0 Å². The first-order valence-corrected chi connectivity index (χ1v) is 9.16. The number of carbonyl (C=O) groups excluding carboxylic acids is 1. The van der Waals surface area contributed by atoms with Crippen molar-refractivity contribution in [1.29, 1.82) is 0 Å². The van der Waals surface area contributed by atoms with Gasteiger partial charge in [-0.05, 0) is 25.1 Å². The molecule has 3 aromatic rings. The second-order valence-electron chi connectivity index (χ2n) is 6.61. The van der Waals surface area contributed by atoms with Crippen LogP contribution < -0.4 is 10.2 Å². The molecule has 1 aromatic carbocycles. The second kappa shape index (κ2) is 7.99. The molecule has 0 atom stereocenters. The Balaban J connectivity index is 1.40. The van der Waals surface area contributed by atoms with E-state index in [1.165, 1.54) is 11.9 Å². The molecule has 1 N–H and O–H groups in total. The Kier molecular flexibility index (Phi) is 5.09. The van der Waals surface area contributed by atoms with Crippen LogP contribution in [0.5, 0.6) is 0 Å². The Hall–Kier alpha value is -3.55. The summed E-state index contributed by atoms with van der Waals surface area (Å²) in [7, 11) is 0. The molecule has 8 heteroatoms. The molecular weight excluding hydrogens is 354 g/mol. The summed E-state index contributed by atoms with van der Waals surface area (Å²) in [6, 6.07) is 11.5. The van der Waals surface area contributed by atoms with Crippen LogP contribution in [0.15, 0.2) is 55.1 Å². The molecule has 0 bridgehead atoms. The topological polar surface area (TPSA) is 87.1 Å². The number of nitrogens with zero attached hydrogens (tertiary/aromatic N) is 6. The zero-order chi connectivity index (χ0) is 19.3. The molecule has 2 aromatic heterocycles. The molecule has 1 aliphatic heterocycles. The molecule has 1 fully saturated rings. The molecule has 0 saturated carbocycles. The van der Waals surface area contributed by atoms with E-state index >= 15 is 0 Å². The number of carbonyl (C=O) groups is 1. The molecule has 28 heavy (non-hydrogen) atoms. The third-order valence-corrected chi connectivity index (χ3v) is 4.61. The van der Waals surface area contributed by atoms with Gasteiger partial charge in [-0.2, -0.15) is 0 Å². The van der Waals surface area contributed by atoms with Gasteiger partial charge >= 0.3 is 0 Å². The van der Waals surface area contributed by atoms with Crippen LogP contribution in [-0.4, -0.2) is 56.9 Å². The van der Waals surface area contributed by atoms with Gasteiger partial charge in [0.2, 0.25) is 5.95 Å². The normalized spacial score (nSPS) is 14.0. The van der Waals surface area contributed by atoms with Crippen molar-refractivity contribution in [2.45, 2.75) is 6.92 Å². The van der Waals surface area contributed by atoms with E-state index in [2.05, 4.69) is 30.2 Å². The smallest absolute Gasteiger partial charge is 0.272 e. The average Bonchev–Trinajstić information content (AvgIpc) is 2.76. The standard InChI is InChI=1S/C20H21N7O/c1-15-3-5-16(6-4-15)25-18-13-17(23-14-24-18)19(28)26-9-11-27(12-10-26)20-21-7-2-8-22-20/h2-8,13-14H,9-12H2,1H3,(H,23,24,25). The van der Waals surface area contributed by atoms with Crippen LogP contribution in [0.1, 0.15) is 16.1 Å². The lowest BCUT2D eigenvalue weighted by molar-refractivity contribution is 0.0740. The number of benzene rings is 1. The molecule has 1 amide bonds. The number of hydrogen-bond acceptors (Lipinski definition) is 7. The predicted molar refractivity (Wildman–Crippen MR) is 107 cm³/mol. The van der Waals surface area contributed by atoms with Gasteiger partial charge < -0.3 is 15.1 Å². The van der Waals surface area contributed by atoms with Crippen LogP contribution in [0, 0.1) is 6.92 Å². The molecule has 3 heterocycles. The Morgan fingerprint density at radius 3 is 2.39 bits per heavy atom. The molecular formula is C20H21N7O. The molecule has 0 unspecified atom stereocenters. The lowest BCUT2D eigenvalue weighted by Gasteiger charge is -2.34. The van der Waals surface area contributed by atoms with Gasteiger partial charge in [0.25, 0.3) is 5.91 Å². The summed E-state index contributed by atoms with van der Waals surface area (Å²) < 4.78 is 0. The highest BCUT2D eigenvalue weighted by molar-refractivity contribution is 5.93. The summed E-state index contributed by atoms with van der Waals surface area (Å²) in [6.45, 7) is 4.61. The number of nitrogens with one attached hydrogen (secondary N) is 1. The van der Waals surface area contributed by atoms with E-state index in [9.17, 15) is 4.79 Å².